The molecule has 0 saturated carbocycles. The lowest BCUT2D eigenvalue weighted by molar-refractivity contribution is 0.102. The molecule has 2 rings (SSSR count). The van der Waals surface area contributed by atoms with Crippen LogP contribution in [0.2, 0.25) is 0 Å². The smallest absolute Gasteiger partial charge is 0.256 e. The maximum absolute atomic E-state index is 12.2. The number of hydrogen-bond acceptors (Lipinski definition) is 2. The third-order valence-corrected chi connectivity index (χ3v) is 3.13. The Labute approximate surface area is 113 Å². The molecule has 0 heterocycles. The minimum Gasteiger partial charge on any atom is -0.399 e. The molecule has 0 unspecified atom stereocenters. The van der Waals surface area contributed by atoms with E-state index in [0.717, 1.165) is 17.7 Å². The highest BCUT2D eigenvalue weighted by atomic mass is 16.1. The molecular formula is C16H18N2O. The summed E-state index contributed by atoms with van der Waals surface area (Å²) >= 11 is 0. The predicted molar refractivity (Wildman–Crippen MR) is 79.4 cm³/mol. The van der Waals surface area contributed by atoms with Gasteiger partial charge < -0.3 is 11.1 Å². The maximum Gasteiger partial charge on any atom is 0.256 e. The van der Waals surface area contributed by atoms with Crippen LogP contribution < -0.4 is 11.1 Å². The van der Waals surface area contributed by atoms with Gasteiger partial charge in [0, 0.05) is 16.9 Å². The number of rotatable bonds is 3. The van der Waals surface area contributed by atoms with Crippen molar-refractivity contribution < 1.29 is 4.79 Å². The Morgan fingerprint density at radius 3 is 2.47 bits per heavy atom. The fraction of sp³-hybridized carbons (Fsp3) is 0.188. The highest BCUT2D eigenvalue weighted by molar-refractivity contribution is 6.05. The number of nitrogens with one attached hydrogen (secondary N) is 1. The van der Waals surface area contributed by atoms with Crippen LogP contribution in [0.15, 0.2) is 42.5 Å². The Morgan fingerprint density at radius 1 is 1.16 bits per heavy atom. The van der Waals surface area contributed by atoms with Gasteiger partial charge in [-0.05, 0) is 48.7 Å². The van der Waals surface area contributed by atoms with E-state index in [1.54, 1.807) is 12.1 Å². The van der Waals surface area contributed by atoms with Crippen LogP contribution in [-0.4, -0.2) is 5.91 Å². The molecule has 2 aromatic rings. The summed E-state index contributed by atoms with van der Waals surface area (Å²) in [6.45, 7) is 4.00. The van der Waals surface area contributed by atoms with E-state index in [-0.39, 0.29) is 5.91 Å². The Kier molecular flexibility index (Phi) is 3.85. The number of amides is 1. The van der Waals surface area contributed by atoms with Crippen molar-refractivity contribution in [3.63, 3.8) is 0 Å². The third kappa shape index (κ3) is 3.13. The molecule has 3 heteroatoms. The summed E-state index contributed by atoms with van der Waals surface area (Å²) in [7, 11) is 0. The minimum absolute atomic E-state index is 0.131. The standard InChI is InChI=1S/C16H18N2O/c1-3-12-5-8-14(9-6-12)18-16(19)15-10-13(17)7-4-11(15)2/h4-10H,3,17H2,1-2H3,(H,18,19). The van der Waals surface area contributed by atoms with Crippen molar-refractivity contribution in [3.05, 3.63) is 59.2 Å². The van der Waals surface area contributed by atoms with Crippen molar-refractivity contribution in [2.75, 3.05) is 11.1 Å². The molecule has 3 nitrogen and oxygen atoms in total. The molecule has 0 aliphatic carbocycles. The third-order valence-electron chi connectivity index (χ3n) is 3.13. The highest BCUT2D eigenvalue weighted by Gasteiger charge is 2.09. The van der Waals surface area contributed by atoms with Crippen LogP contribution in [0.1, 0.15) is 28.4 Å². The Morgan fingerprint density at radius 2 is 1.84 bits per heavy atom. The minimum atomic E-state index is -0.131. The Hall–Kier alpha value is -2.29. The summed E-state index contributed by atoms with van der Waals surface area (Å²) in [4.78, 5) is 12.2. The normalized spacial score (nSPS) is 10.2. The lowest BCUT2D eigenvalue weighted by Crippen LogP contribution is -2.13. The highest BCUT2D eigenvalue weighted by Crippen LogP contribution is 2.16. The van der Waals surface area contributed by atoms with Gasteiger partial charge in [-0.2, -0.15) is 0 Å². The molecular weight excluding hydrogens is 236 g/mol. The first-order valence-electron chi connectivity index (χ1n) is 6.36. The average molecular weight is 254 g/mol. The van der Waals surface area contributed by atoms with Gasteiger partial charge in [-0.15, -0.1) is 0 Å². The van der Waals surface area contributed by atoms with E-state index in [2.05, 4.69) is 12.2 Å². The van der Waals surface area contributed by atoms with Crippen LogP contribution in [-0.2, 0) is 6.42 Å². The molecule has 0 aromatic heterocycles. The topological polar surface area (TPSA) is 55.1 Å². The van der Waals surface area contributed by atoms with E-state index in [4.69, 9.17) is 5.73 Å². The Balaban J connectivity index is 2.18. The molecule has 2 aromatic carbocycles. The first kappa shape index (κ1) is 13.1. The zero-order valence-corrected chi connectivity index (χ0v) is 11.2. The zero-order valence-electron chi connectivity index (χ0n) is 11.2. The maximum atomic E-state index is 12.2. The molecule has 0 atom stereocenters. The molecule has 0 radical (unpaired) electrons. The van der Waals surface area contributed by atoms with Crippen molar-refractivity contribution in [2.24, 2.45) is 0 Å². The van der Waals surface area contributed by atoms with Gasteiger partial charge in [0.15, 0.2) is 0 Å². The lowest BCUT2D eigenvalue weighted by atomic mass is 10.1. The number of nitrogens with two attached hydrogens (primary N) is 1. The number of carbonyl (C=O) groups excluding carboxylic acids is 1. The van der Waals surface area contributed by atoms with Gasteiger partial charge in [0.1, 0.15) is 0 Å². The molecule has 0 aliphatic heterocycles. The number of hydrogen-bond donors (Lipinski definition) is 2. The first-order chi connectivity index (χ1) is 9.10. The number of aryl methyl sites for hydroxylation is 2. The van der Waals surface area contributed by atoms with Crippen LogP contribution in [0, 0.1) is 6.92 Å². The summed E-state index contributed by atoms with van der Waals surface area (Å²) in [5.74, 6) is -0.131. The monoisotopic (exact) mass is 254 g/mol. The van der Waals surface area contributed by atoms with Gasteiger partial charge in [-0.25, -0.2) is 0 Å². The van der Waals surface area contributed by atoms with E-state index in [9.17, 15) is 4.79 Å². The number of benzene rings is 2. The molecule has 1 amide bonds. The molecule has 0 saturated heterocycles. The predicted octanol–water partition coefficient (Wildman–Crippen LogP) is 3.39. The van der Waals surface area contributed by atoms with Gasteiger partial charge in [-0.1, -0.05) is 25.1 Å². The molecule has 98 valence electrons. The van der Waals surface area contributed by atoms with Crippen molar-refractivity contribution >= 4 is 17.3 Å². The molecule has 0 bridgehead atoms. The van der Waals surface area contributed by atoms with E-state index in [0.29, 0.717) is 11.3 Å². The first-order valence-corrected chi connectivity index (χ1v) is 6.36. The summed E-state index contributed by atoms with van der Waals surface area (Å²) in [5, 5.41) is 2.88. The molecule has 3 N–H and O–H groups in total. The van der Waals surface area contributed by atoms with Crippen LogP contribution in [0.4, 0.5) is 11.4 Å². The van der Waals surface area contributed by atoms with Gasteiger partial charge in [0.2, 0.25) is 0 Å². The van der Waals surface area contributed by atoms with E-state index >= 15 is 0 Å². The summed E-state index contributed by atoms with van der Waals surface area (Å²) in [6, 6.07) is 13.2. The van der Waals surface area contributed by atoms with Crippen molar-refractivity contribution in [1.82, 2.24) is 0 Å². The zero-order chi connectivity index (χ0) is 13.8. The van der Waals surface area contributed by atoms with Gasteiger partial charge >= 0.3 is 0 Å². The second-order valence-electron chi connectivity index (χ2n) is 4.58. The molecule has 0 aliphatic rings. The summed E-state index contributed by atoms with van der Waals surface area (Å²) in [6.07, 6.45) is 0.989. The van der Waals surface area contributed by atoms with E-state index < -0.39 is 0 Å². The Bertz CT molecular complexity index is 588. The van der Waals surface area contributed by atoms with E-state index in [1.165, 1.54) is 5.56 Å². The van der Waals surface area contributed by atoms with Gasteiger partial charge in [0.25, 0.3) is 5.91 Å². The number of anilines is 2. The van der Waals surface area contributed by atoms with Crippen molar-refractivity contribution in [3.8, 4) is 0 Å². The van der Waals surface area contributed by atoms with Crippen LogP contribution >= 0.6 is 0 Å². The molecule has 19 heavy (non-hydrogen) atoms. The van der Waals surface area contributed by atoms with E-state index in [1.807, 2.05) is 37.3 Å². The lowest BCUT2D eigenvalue weighted by Gasteiger charge is -2.09. The second kappa shape index (κ2) is 5.57. The van der Waals surface area contributed by atoms with Gasteiger partial charge in [0.05, 0.1) is 0 Å². The molecule has 0 spiro atoms. The quantitative estimate of drug-likeness (QED) is 0.825. The fourth-order valence-corrected chi connectivity index (χ4v) is 1.91. The number of carbonyl (C=O) groups is 1. The van der Waals surface area contributed by atoms with Crippen molar-refractivity contribution in [1.29, 1.82) is 0 Å². The van der Waals surface area contributed by atoms with Gasteiger partial charge in [-0.3, -0.25) is 4.79 Å². The van der Waals surface area contributed by atoms with Crippen LogP contribution in [0.3, 0.4) is 0 Å². The summed E-state index contributed by atoms with van der Waals surface area (Å²) in [5.41, 5.74) is 9.88. The summed E-state index contributed by atoms with van der Waals surface area (Å²) < 4.78 is 0. The molecule has 0 fully saturated rings. The van der Waals surface area contributed by atoms with Crippen LogP contribution in [0.5, 0.6) is 0 Å². The largest absolute Gasteiger partial charge is 0.399 e. The van der Waals surface area contributed by atoms with Crippen molar-refractivity contribution in [2.45, 2.75) is 20.3 Å². The SMILES string of the molecule is CCc1ccc(NC(=O)c2cc(N)ccc2C)cc1. The second-order valence-corrected chi connectivity index (χ2v) is 4.58. The fourth-order valence-electron chi connectivity index (χ4n) is 1.91. The average Bonchev–Trinajstić information content (AvgIpc) is 2.42. The van der Waals surface area contributed by atoms with Crippen LogP contribution in [0.25, 0.3) is 0 Å². The number of nitrogen functional groups attached to an aromatic ring is 1.